The molecule has 0 bridgehead atoms. The lowest BCUT2D eigenvalue weighted by molar-refractivity contribution is -0.137. The van der Waals surface area contributed by atoms with Crippen LogP contribution in [-0.2, 0) is 17.6 Å². The van der Waals surface area contributed by atoms with Crippen LogP contribution in [0.4, 0.5) is 13.2 Å². The van der Waals surface area contributed by atoms with Crippen molar-refractivity contribution in [3.63, 3.8) is 0 Å². The molecule has 5 nitrogen and oxygen atoms in total. The number of rotatable bonds is 7. The van der Waals surface area contributed by atoms with E-state index >= 15 is 0 Å². The van der Waals surface area contributed by atoms with Crippen LogP contribution in [0.2, 0.25) is 0 Å². The smallest absolute Gasteiger partial charge is 0.394 e. The molecule has 0 aliphatic carbocycles. The Kier molecular flexibility index (Phi) is 5.75. The van der Waals surface area contributed by atoms with Gasteiger partial charge in [-0.2, -0.15) is 13.2 Å². The van der Waals surface area contributed by atoms with Crippen molar-refractivity contribution in [1.29, 1.82) is 0 Å². The summed E-state index contributed by atoms with van der Waals surface area (Å²) < 4.78 is 39.7. The van der Waals surface area contributed by atoms with Crippen LogP contribution in [0.3, 0.4) is 0 Å². The topological polar surface area (TPSA) is 65.4 Å². The van der Waals surface area contributed by atoms with Crippen molar-refractivity contribution in [1.82, 2.24) is 9.55 Å². The van der Waals surface area contributed by atoms with Gasteiger partial charge in [-0.3, -0.25) is 0 Å². The Morgan fingerprint density at radius 3 is 2.57 bits per heavy atom. The largest absolute Gasteiger partial charge is 0.416 e. The highest BCUT2D eigenvalue weighted by Gasteiger charge is 2.30. The monoisotopic (exact) mass is 326 g/mol. The van der Waals surface area contributed by atoms with Gasteiger partial charge in [0, 0.05) is 31.9 Å². The predicted octanol–water partition coefficient (Wildman–Crippen LogP) is 2.67. The van der Waals surface area contributed by atoms with E-state index in [9.17, 15) is 13.2 Å². The van der Waals surface area contributed by atoms with E-state index < -0.39 is 11.7 Å². The maximum atomic E-state index is 12.6. The molecule has 23 heavy (non-hydrogen) atoms. The van der Waals surface area contributed by atoms with Gasteiger partial charge in [0.15, 0.2) is 0 Å². The normalized spacial score (nSPS) is 12.4. The molecule has 1 aromatic heterocycles. The summed E-state index contributed by atoms with van der Waals surface area (Å²) in [6.07, 6.45) is 1.24. The van der Waals surface area contributed by atoms with E-state index in [0.29, 0.717) is 30.8 Å². The number of nitrogens with zero attached hydrogens (tertiary/aromatic N) is 3. The number of hydrogen-bond acceptors (Lipinski definition) is 4. The Balaban J connectivity index is 2.13. The lowest BCUT2D eigenvalue weighted by atomic mass is 10.1. The van der Waals surface area contributed by atoms with Crippen LogP contribution in [0.15, 0.2) is 48.1 Å². The second-order valence-electron chi connectivity index (χ2n) is 4.79. The maximum Gasteiger partial charge on any atom is 0.416 e. The Morgan fingerprint density at radius 2 is 2.00 bits per heavy atom. The summed E-state index contributed by atoms with van der Waals surface area (Å²) >= 11 is 0. The number of hydrogen-bond donors (Lipinski definition) is 1. The molecule has 0 radical (unpaired) electrons. The van der Waals surface area contributed by atoms with Crippen molar-refractivity contribution in [3.05, 3.63) is 54.1 Å². The Bertz CT molecular complexity index is 621. The van der Waals surface area contributed by atoms with Gasteiger partial charge < -0.3 is 15.1 Å². The van der Waals surface area contributed by atoms with Crippen LogP contribution in [-0.4, -0.2) is 28.4 Å². The first-order valence-electron chi connectivity index (χ1n) is 7.03. The summed E-state index contributed by atoms with van der Waals surface area (Å²) in [5, 5.41) is 4.00. The molecule has 0 fully saturated rings. The minimum atomic E-state index is -4.36. The van der Waals surface area contributed by atoms with Crippen LogP contribution < -0.4 is 5.73 Å². The summed E-state index contributed by atoms with van der Waals surface area (Å²) in [7, 11) is 0. The first-order valence-corrected chi connectivity index (χ1v) is 7.03. The molecule has 0 spiro atoms. The second-order valence-corrected chi connectivity index (χ2v) is 4.79. The zero-order valence-electron chi connectivity index (χ0n) is 12.3. The van der Waals surface area contributed by atoms with Gasteiger partial charge in [-0.1, -0.05) is 17.3 Å². The van der Waals surface area contributed by atoms with Crippen molar-refractivity contribution in [2.75, 3.05) is 13.2 Å². The average Bonchev–Trinajstić information content (AvgIpc) is 3.03. The quantitative estimate of drug-likeness (QED) is 0.483. The highest BCUT2D eigenvalue weighted by Crippen LogP contribution is 2.29. The number of aryl methyl sites for hydroxylation is 1. The molecular formula is C15H17F3N4O. The van der Waals surface area contributed by atoms with Gasteiger partial charge in [0.05, 0.1) is 17.6 Å². The minimum absolute atomic E-state index is 0.245. The van der Waals surface area contributed by atoms with E-state index in [2.05, 4.69) is 10.1 Å². The van der Waals surface area contributed by atoms with E-state index in [4.69, 9.17) is 10.6 Å². The van der Waals surface area contributed by atoms with Crippen molar-refractivity contribution < 1.29 is 18.0 Å². The van der Waals surface area contributed by atoms with Crippen LogP contribution in [0.1, 0.15) is 17.5 Å². The number of benzene rings is 1. The molecule has 0 atom stereocenters. The van der Waals surface area contributed by atoms with E-state index in [1.54, 1.807) is 18.7 Å². The lowest BCUT2D eigenvalue weighted by Crippen LogP contribution is -2.11. The van der Waals surface area contributed by atoms with E-state index in [1.807, 2.05) is 4.57 Å². The third kappa shape index (κ3) is 5.10. The number of nitrogens with two attached hydrogens (primary N) is 1. The number of alkyl halides is 3. The number of oxime groups is 1. The summed E-state index contributed by atoms with van der Waals surface area (Å²) in [5.74, 6) is 0. The first-order chi connectivity index (χ1) is 11.0. The van der Waals surface area contributed by atoms with Gasteiger partial charge in [-0.05, 0) is 17.7 Å². The lowest BCUT2D eigenvalue weighted by Gasteiger charge is -2.10. The summed E-state index contributed by atoms with van der Waals surface area (Å²) in [6, 6.07) is 4.85. The number of halogens is 3. The minimum Gasteiger partial charge on any atom is -0.394 e. The fourth-order valence-corrected chi connectivity index (χ4v) is 1.92. The SMILES string of the molecule is NCCON=C(CCn1ccnc1)c1ccc(C(F)(F)F)cc1. The zero-order valence-corrected chi connectivity index (χ0v) is 12.3. The van der Waals surface area contributed by atoms with Gasteiger partial charge in [0.2, 0.25) is 0 Å². The summed E-state index contributed by atoms with van der Waals surface area (Å²) in [6.45, 7) is 1.15. The molecule has 124 valence electrons. The van der Waals surface area contributed by atoms with Crippen molar-refractivity contribution in [2.24, 2.45) is 10.9 Å². The third-order valence-corrected chi connectivity index (χ3v) is 3.10. The van der Waals surface area contributed by atoms with E-state index in [1.165, 1.54) is 12.1 Å². The predicted molar refractivity (Wildman–Crippen MR) is 79.8 cm³/mol. The van der Waals surface area contributed by atoms with Gasteiger partial charge in [0.25, 0.3) is 0 Å². The van der Waals surface area contributed by atoms with E-state index in [0.717, 1.165) is 12.1 Å². The summed E-state index contributed by atoms with van der Waals surface area (Å²) in [4.78, 5) is 9.02. The van der Waals surface area contributed by atoms with Gasteiger partial charge in [0.1, 0.15) is 6.61 Å². The fraction of sp³-hybridized carbons (Fsp3) is 0.333. The second kappa shape index (κ2) is 7.77. The fourth-order valence-electron chi connectivity index (χ4n) is 1.92. The van der Waals surface area contributed by atoms with Gasteiger partial charge in [-0.25, -0.2) is 4.98 Å². The molecule has 0 amide bonds. The number of aromatic nitrogens is 2. The molecule has 0 saturated heterocycles. The zero-order chi connectivity index (χ0) is 16.7. The van der Waals surface area contributed by atoms with Crippen LogP contribution in [0, 0.1) is 0 Å². The van der Waals surface area contributed by atoms with Crippen LogP contribution >= 0.6 is 0 Å². The molecule has 2 N–H and O–H groups in total. The highest BCUT2D eigenvalue weighted by molar-refractivity contribution is 6.00. The van der Waals surface area contributed by atoms with Crippen LogP contribution in [0.5, 0.6) is 0 Å². The van der Waals surface area contributed by atoms with E-state index in [-0.39, 0.29) is 6.61 Å². The standard InChI is InChI=1S/C15H17F3N4O/c16-15(17,18)13-3-1-12(2-4-13)14(21-23-10-6-19)5-8-22-9-7-20-11-22/h1-4,7,9,11H,5-6,8,10,19H2. The molecule has 0 unspecified atom stereocenters. The molecule has 2 aromatic rings. The Morgan fingerprint density at radius 1 is 1.26 bits per heavy atom. The molecule has 2 rings (SSSR count). The number of imidazole rings is 1. The molecule has 8 heteroatoms. The molecule has 0 aliphatic heterocycles. The van der Waals surface area contributed by atoms with Gasteiger partial charge in [-0.15, -0.1) is 0 Å². The Hall–Kier alpha value is -2.35. The highest BCUT2D eigenvalue weighted by atomic mass is 19.4. The first kappa shape index (κ1) is 17.0. The maximum absolute atomic E-state index is 12.6. The third-order valence-electron chi connectivity index (χ3n) is 3.10. The molecule has 1 heterocycles. The summed E-state index contributed by atoms with van der Waals surface area (Å²) in [5.41, 5.74) is 5.78. The van der Waals surface area contributed by atoms with Crippen molar-refractivity contribution in [3.8, 4) is 0 Å². The molecular weight excluding hydrogens is 309 g/mol. The molecule has 0 saturated carbocycles. The average molecular weight is 326 g/mol. The Labute approximate surface area is 131 Å². The molecule has 1 aromatic carbocycles. The van der Waals surface area contributed by atoms with Crippen LogP contribution in [0.25, 0.3) is 0 Å². The van der Waals surface area contributed by atoms with Crippen molar-refractivity contribution >= 4 is 5.71 Å². The molecule has 0 aliphatic rings. The van der Waals surface area contributed by atoms with Gasteiger partial charge >= 0.3 is 6.18 Å². The van der Waals surface area contributed by atoms with Crippen molar-refractivity contribution in [2.45, 2.75) is 19.1 Å².